The molecule has 12 nitrogen and oxygen atoms in total. The molecule has 0 fully saturated rings. The lowest BCUT2D eigenvalue weighted by Crippen LogP contribution is -2.40. The second-order valence-corrected chi connectivity index (χ2v) is 8.01. The molecule has 14 heteroatoms. The Kier molecular flexibility index (Phi) is 10.8. The van der Waals surface area contributed by atoms with Crippen molar-refractivity contribution in [3.8, 4) is 6.07 Å². The normalized spacial score (nSPS) is 12.5. The largest absolute Gasteiger partial charge is 0.401 e. The first-order valence-corrected chi connectivity index (χ1v) is 11.3. The number of halogens is 2. The molecule has 1 aromatic heterocycles. The van der Waals surface area contributed by atoms with Gasteiger partial charge < -0.3 is 32.4 Å². The number of nitrogens with zero attached hydrogens (tertiary/aromatic N) is 4. The number of rotatable bonds is 11. The van der Waals surface area contributed by atoms with Crippen LogP contribution in [0.1, 0.15) is 44.4 Å². The highest BCUT2D eigenvalue weighted by atomic mass is 19.1. The minimum Gasteiger partial charge on any atom is -0.401 e. The van der Waals surface area contributed by atoms with E-state index in [9.17, 15) is 18.4 Å². The summed E-state index contributed by atoms with van der Waals surface area (Å²) in [6.07, 6.45) is 2.09. The van der Waals surface area contributed by atoms with Crippen molar-refractivity contribution in [1.82, 2.24) is 25.9 Å². The lowest BCUT2D eigenvalue weighted by atomic mass is 10.0. The summed E-state index contributed by atoms with van der Waals surface area (Å²) < 4.78 is 28.0. The highest BCUT2D eigenvalue weighted by Crippen LogP contribution is 2.19. The van der Waals surface area contributed by atoms with Gasteiger partial charge in [-0.1, -0.05) is 0 Å². The highest BCUT2D eigenvalue weighted by Gasteiger charge is 2.16. The molecule has 1 atom stereocenters. The molecule has 1 heterocycles. The maximum Gasteiger partial charge on any atom is 0.315 e. The van der Waals surface area contributed by atoms with Crippen LogP contribution < -0.4 is 27.0 Å². The van der Waals surface area contributed by atoms with Crippen LogP contribution in [-0.2, 0) is 4.79 Å². The highest BCUT2D eigenvalue weighted by molar-refractivity contribution is 6.02. The Bertz CT molecular complexity index is 1300. The second-order valence-electron chi connectivity index (χ2n) is 8.01. The average molecular weight is 527 g/mol. The van der Waals surface area contributed by atoms with E-state index in [0.29, 0.717) is 5.56 Å². The van der Waals surface area contributed by atoms with E-state index in [0.717, 1.165) is 18.5 Å². The van der Waals surface area contributed by atoms with Crippen LogP contribution in [0.15, 0.2) is 40.8 Å². The van der Waals surface area contributed by atoms with Gasteiger partial charge >= 0.3 is 6.03 Å². The molecule has 0 unspecified atom stereocenters. The summed E-state index contributed by atoms with van der Waals surface area (Å²) >= 11 is 0. The predicted molar refractivity (Wildman–Crippen MR) is 138 cm³/mol. The second kappa shape index (κ2) is 14.0. The number of urea groups is 1. The van der Waals surface area contributed by atoms with Gasteiger partial charge in [0.2, 0.25) is 11.9 Å². The van der Waals surface area contributed by atoms with Gasteiger partial charge in [0.05, 0.1) is 35.3 Å². The van der Waals surface area contributed by atoms with E-state index in [4.69, 9.17) is 16.4 Å². The van der Waals surface area contributed by atoms with E-state index in [1.165, 1.54) is 26.0 Å². The van der Waals surface area contributed by atoms with Gasteiger partial charge in [0.15, 0.2) is 11.6 Å². The fourth-order valence-electron chi connectivity index (χ4n) is 3.22. The summed E-state index contributed by atoms with van der Waals surface area (Å²) in [6.45, 7) is 4.67. The Morgan fingerprint density at radius 2 is 1.97 bits per heavy atom. The number of aliphatic imine (C=N–C) groups is 1. The van der Waals surface area contributed by atoms with Crippen LogP contribution >= 0.6 is 0 Å². The van der Waals surface area contributed by atoms with Crippen molar-refractivity contribution in [2.75, 3.05) is 18.4 Å². The summed E-state index contributed by atoms with van der Waals surface area (Å²) in [5.41, 5.74) is 6.98. The Morgan fingerprint density at radius 1 is 1.24 bits per heavy atom. The topological polar surface area (TPSA) is 194 Å². The Balaban J connectivity index is 1.99. The summed E-state index contributed by atoms with van der Waals surface area (Å²) in [5.74, 6) is -2.03. The minimum atomic E-state index is -0.793. The van der Waals surface area contributed by atoms with Gasteiger partial charge in [0.25, 0.3) is 0 Å². The van der Waals surface area contributed by atoms with E-state index in [1.807, 2.05) is 6.07 Å². The first-order chi connectivity index (χ1) is 18.0. The van der Waals surface area contributed by atoms with Crippen LogP contribution in [0.2, 0.25) is 0 Å². The molecule has 2 rings (SSSR count). The number of hydrogen-bond acceptors (Lipinski definition) is 9. The minimum absolute atomic E-state index is 0.0418. The lowest BCUT2D eigenvalue weighted by Gasteiger charge is -2.18. The van der Waals surface area contributed by atoms with Gasteiger partial charge in [-0.05, 0) is 43.8 Å². The number of carbonyl (C=O) groups excluding carboxylic acids is 2. The first kappa shape index (κ1) is 29.3. The van der Waals surface area contributed by atoms with Crippen molar-refractivity contribution >= 4 is 35.6 Å². The molecule has 1 aromatic carbocycles. The number of allylic oxidation sites excluding steroid dienone is 2. The number of benzene rings is 1. The predicted octanol–water partition coefficient (Wildman–Crippen LogP) is 2.54. The van der Waals surface area contributed by atoms with Crippen molar-refractivity contribution in [2.24, 2.45) is 10.7 Å². The fourth-order valence-corrected chi connectivity index (χ4v) is 3.22. The standard InChI is InChI=1S/C24H28F2N10O2/c1-13(29)21(34-15(3)37)14(2)33-22-19(26)12-32-23(36-22)30-6-7-31-24(38)35-20(4-5-27)17-8-16(11-28)9-18(25)10-17/h5,8-10,12,20,27H,4,6-7,29H2,1-3H3,(H,34,37)(H,30,32,36)(H2,31,35,38)/t20-/m0/s1. The van der Waals surface area contributed by atoms with E-state index >= 15 is 0 Å². The molecule has 38 heavy (non-hydrogen) atoms. The monoisotopic (exact) mass is 526 g/mol. The molecule has 0 aliphatic carbocycles. The fraction of sp³-hybridized carbons (Fsp3) is 0.292. The van der Waals surface area contributed by atoms with Crippen LogP contribution in [0.4, 0.5) is 25.3 Å². The summed E-state index contributed by atoms with van der Waals surface area (Å²) in [4.78, 5) is 35.7. The number of nitriles is 1. The molecule has 0 saturated carbocycles. The molecule has 7 N–H and O–H groups in total. The molecule has 200 valence electrons. The van der Waals surface area contributed by atoms with Gasteiger partial charge in [0.1, 0.15) is 5.82 Å². The lowest BCUT2D eigenvalue weighted by molar-refractivity contribution is -0.118. The maximum atomic E-state index is 14.2. The smallest absolute Gasteiger partial charge is 0.315 e. The summed E-state index contributed by atoms with van der Waals surface area (Å²) in [6, 6.07) is 4.25. The van der Waals surface area contributed by atoms with Crippen LogP contribution in [0.3, 0.4) is 0 Å². The van der Waals surface area contributed by atoms with Crippen LogP contribution in [0.5, 0.6) is 0 Å². The first-order valence-electron chi connectivity index (χ1n) is 11.3. The molecule has 0 saturated heterocycles. The number of amides is 3. The Hall–Kier alpha value is -4.93. The quantitative estimate of drug-likeness (QED) is 0.191. The number of aromatic nitrogens is 2. The average Bonchev–Trinajstić information content (AvgIpc) is 2.86. The molecule has 0 spiro atoms. The summed E-state index contributed by atoms with van der Waals surface area (Å²) in [7, 11) is 0. The third kappa shape index (κ3) is 8.94. The molecule has 2 aromatic rings. The number of nitrogens with one attached hydrogen (secondary N) is 5. The SMILES string of the molecule is CC(=O)NC(C(C)=Nc1nc(NCCNC(=O)N[C@@H](CC=N)c2cc(F)cc(C#N)c2)ncc1F)=C(C)N. The Labute approximate surface area is 218 Å². The number of carbonyl (C=O) groups is 2. The number of nitrogens with two attached hydrogens (primary N) is 1. The zero-order chi connectivity index (χ0) is 28.2. The van der Waals surface area contributed by atoms with Gasteiger partial charge in [-0.2, -0.15) is 10.2 Å². The van der Waals surface area contributed by atoms with Gasteiger partial charge in [0, 0.05) is 32.1 Å². The van der Waals surface area contributed by atoms with Crippen molar-refractivity contribution in [3.05, 3.63) is 58.6 Å². The molecule has 0 radical (unpaired) electrons. The van der Waals surface area contributed by atoms with Gasteiger partial charge in [-0.15, -0.1) is 0 Å². The van der Waals surface area contributed by atoms with Crippen LogP contribution in [0.25, 0.3) is 0 Å². The van der Waals surface area contributed by atoms with Crippen molar-refractivity contribution < 1.29 is 18.4 Å². The van der Waals surface area contributed by atoms with Crippen molar-refractivity contribution in [2.45, 2.75) is 33.2 Å². The number of anilines is 1. The van der Waals surface area contributed by atoms with E-state index in [1.54, 1.807) is 6.92 Å². The van der Waals surface area contributed by atoms with E-state index in [-0.39, 0.29) is 59.9 Å². The zero-order valence-corrected chi connectivity index (χ0v) is 21.0. The number of hydrogen-bond donors (Lipinski definition) is 6. The van der Waals surface area contributed by atoms with E-state index in [2.05, 4.69) is 36.2 Å². The van der Waals surface area contributed by atoms with Crippen LogP contribution in [-0.4, -0.2) is 46.9 Å². The van der Waals surface area contributed by atoms with Crippen molar-refractivity contribution in [1.29, 1.82) is 10.7 Å². The van der Waals surface area contributed by atoms with Gasteiger partial charge in [-0.25, -0.2) is 23.6 Å². The third-order valence-corrected chi connectivity index (χ3v) is 4.86. The molecule has 3 amide bonds. The molecule has 0 aliphatic heterocycles. The summed E-state index contributed by atoms with van der Waals surface area (Å²) in [5, 5.41) is 27.0. The molecule has 0 bridgehead atoms. The van der Waals surface area contributed by atoms with Gasteiger partial charge in [-0.3, -0.25) is 4.79 Å². The third-order valence-electron chi connectivity index (χ3n) is 4.86. The molecular weight excluding hydrogens is 498 g/mol. The van der Waals surface area contributed by atoms with Crippen molar-refractivity contribution in [3.63, 3.8) is 0 Å². The maximum absolute atomic E-state index is 14.2. The Morgan fingerprint density at radius 3 is 2.61 bits per heavy atom. The van der Waals surface area contributed by atoms with Crippen LogP contribution in [0, 0.1) is 28.4 Å². The zero-order valence-electron chi connectivity index (χ0n) is 21.0. The van der Waals surface area contributed by atoms with E-state index < -0.39 is 23.7 Å². The molecular formula is C24H28F2N10O2. The molecule has 0 aliphatic rings.